The van der Waals surface area contributed by atoms with Crippen molar-refractivity contribution in [3.05, 3.63) is 108 Å². The average molecular weight is 668 g/mol. The molecular weight excluding hydrogens is 628 g/mol. The summed E-state index contributed by atoms with van der Waals surface area (Å²) in [7, 11) is 0. The second-order valence-corrected chi connectivity index (χ2v) is 9.35. The number of hydrogen-bond donors (Lipinski definition) is 1. The quantitative estimate of drug-likeness (QED) is 0.170. The maximum atomic E-state index is 11.6. The first kappa shape index (κ1) is 43.9. The van der Waals surface area contributed by atoms with E-state index in [4.69, 9.17) is 5.11 Å². The number of benzene rings is 3. The van der Waals surface area contributed by atoms with E-state index in [-0.39, 0.29) is 64.9 Å². The molecule has 0 spiro atoms. The van der Waals surface area contributed by atoms with Gasteiger partial charge in [0.1, 0.15) is 0 Å². The summed E-state index contributed by atoms with van der Waals surface area (Å²) in [6.07, 6.45) is 0.780. The maximum Gasteiger partial charge on any atom is 3.00 e. The molecule has 0 bridgehead atoms. The number of hydrogen-bond acceptors (Lipinski definition) is 10. The van der Waals surface area contributed by atoms with Gasteiger partial charge < -0.3 is 34.8 Å². The fourth-order valence-corrected chi connectivity index (χ4v) is 3.79. The number of carboxylic acid groups (broad SMARTS) is 3. The molecule has 3 aromatic carbocycles. The number of carboxylic acids is 3. The van der Waals surface area contributed by atoms with Gasteiger partial charge in [0.25, 0.3) is 0 Å². The van der Waals surface area contributed by atoms with Crippen LogP contribution in [0.5, 0.6) is 0 Å². The summed E-state index contributed by atoms with van der Waals surface area (Å²) < 4.78 is 0. The Kier molecular flexibility index (Phi) is 23.9. The van der Waals surface area contributed by atoms with Gasteiger partial charge in [-0.2, -0.15) is 0 Å². The molecule has 3 rings (SSSR count). The van der Waals surface area contributed by atoms with E-state index in [1.807, 2.05) is 0 Å². The SMILES string of the molecule is CCC(C(=O)[O-])C(=O)c1ccccc1.CCC(C(=O)[O-])C(=O)c1ccccc1.CCC(C(=O)[O-])C(=O)c1ccccc1.CCO.[Ti+3]. The molecule has 11 heteroatoms. The average Bonchev–Trinajstić information content (AvgIpc) is 3.03. The van der Waals surface area contributed by atoms with Crippen LogP contribution >= 0.6 is 0 Å². The normalized spacial score (nSPS) is 11.4. The molecule has 3 unspecified atom stereocenters. The van der Waals surface area contributed by atoms with Gasteiger partial charge in [-0.15, -0.1) is 0 Å². The summed E-state index contributed by atoms with van der Waals surface area (Å²) in [5, 5.41) is 39.4. The zero-order chi connectivity index (χ0) is 34.4. The minimum absolute atomic E-state index is 0. The van der Waals surface area contributed by atoms with Crippen LogP contribution < -0.4 is 15.3 Å². The van der Waals surface area contributed by atoms with Crippen molar-refractivity contribution < 1.29 is 70.9 Å². The summed E-state index contributed by atoms with van der Waals surface area (Å²) in [4.78, 5) is 66.6. The van der Waals surface area contributed by atoms with E-state index >= 15 is 0 Å². The van der Waals surface area contributed by atoms with Crippen molar-refractivity contribution in [2.24, 2.45) is 17.8 Å². The van der Waals surface area contributed by atoms with Gasteiger partial charge in [-0.05, 0) is 26.2 Å². The topological polar surface area (TPSA) is 192 Å². The molecule has 3 atom stereocenters. The number of aliphatic hydroxyl groups excluding tert-OH is 1. The Morgan fingerprint density at radius 1 is 0.478 bits per heavy atom. The van der Waals surface area contributed by atoms with Gasteiger partial charge in [0.2, 0.25) is 0 Å². The van der Waals surface area contributed by atoms with Crippen LogP contribution in [0.15, 0.2) is 91.0 Å². The Hall–Kier alpha value is -4.25. The van der Waals surface area contributed by atoms with Crippen LogP contribution in [0.2, 0.25) is 0 Å². The Morgan fingerprint density at radius 2 is 0.652 bits per heavy atom. The Balaban J connectivity index is 0. The van der Waals surface area contributed by atoms with Gasteiger partial charge in [-0.3, -0.25) is 14.4 Å². The van der Waals surface area contributed by atoms with E-state index in [9.17, 15) is 44.1 Å². The largest absolute Gasteiger partial charge is 3.00 e. The molecule has 0 fully saturated rings. The molecule has 0 aliphatic rings. The molecule has 10 nitrogen and oxygen atoms in total. The molecule has 0 aliphatic heterocycles. The van der Waals surface area contributed by atoms with Gasteiger partial charge >= 0.3 is 21.7 Å². The summed E-state index contributed by atoms with van der Waals surface area (Å²) >= 11 is 0. The standard InChI is InChI=1S/3C11H12O3.C2H6O.Ti/c3*1-2-9(11(13)14)10(12)8-6-4-3-5-7-8;1-2-3;/h3*3-7,9H,2H2,1H3,(H,13,14);3H,2H2,1H3;/q;;;;+3/p-3. The van der Waals surface area contributed by atoms with Gasteiger partial charge in [0.15, 0.2) is 17.3 Å². The second-order valence-electron chi connectivity index (χ2n) is 9.35. The molecule has 46 heavy (non-hydrogen) atoms. The van der Waals surface area contributed by atoms with E-state index in [2.05, 4.69) is 0 Å². The van der Waals surface area contributed by atoms with Crippen LogP contribution in [0, 0.1) is 17.8 Å². The molecule has 0 heterocycles. The second kappa shape index (κ2) is 25.0. The van der Waals surface area contributed by atoms with Crippen molar-refractivity contribution in [3.8, 4) is 0 Å². The third-order valence-electron chi connectivity index (χ3n) is 6.20. The third-order valence-corrected chi connectivity index (χ3v) is 6.20. The maximum absolute atomic E-state index is 11.6. The number of carbonyl (C=O) groups excluding carboxylic acids is 6. The Morgan fingerprint density at radius 3 is 0.783 bits per heavy atom. The minimum Gasteiger partial charge on any atom is -0.549 e. The minimum atomic E-state index is -1.30. The first-order valence-electron chi connectivity index (χ1n) is 14.4. The predicted octanol–water partition coefficient (Wildman–Crippen LogP) is 1.93. The zero-order valence-electron chi connectivity index (χ0n) is 26.3. The predicted molar refractivity (Wildman–Crippen MR) is 161 cm³/mol. The molecule has 3 aromatic rings. The summed E-state index contributed by atoms with van der Waals surface area (Å²) in [5.74, 6) is -8.15. The van der Waals surface area contributed by atoms with Gasteiger partial charge in [-0.1, -0.05) is 112 Å². The summed E-state index contributed by atoms with van der Waals surface area (Å²) in [6, 6.07) is 25.2. The van der Waals surface area contributed by atoms with Gasteiger partial charge in [0.05, 0.1) is 35.7 Å². The van der Waals surface area contributed by atoms with E-state index < -0.39 is 35.7 Å². The number of ketones is 3. The van der Waals surface area contributed by atoms with E-state index in [0.29, 0.717) is 16.7 Å². The Bertz CT molecular complexity index is 1180. The fraction of sp³-hybridized carbons (Fsp3) is 0.314. The molecule has 0 aromatic heterocycles. The van der Waals surface area contributed by atoms with E-state index in [1.165, 1.54) is 0 Å². The van der Waals surface area contributed by atoms with Crippen LogP contribution in [0.25, 0.3) is 0 Å². The molecule has 1 N–H and O–H groups in total. The monoisotopic (exact) mass is 667 g/mol. The van der Waals surface area contributed by atoms with Crippen molar-refractivity contribution in [2.75, 3.05) is 6.61 Å². The van der Waals surface area contributed by atoms with Crippen LogP contribution in [0.4, 0.5) is 0 Å². The van der Waals surface area contributed by atoms with Gasteiger partial charge in [0, 0.05) is 23.3 Å². The van der Waals surface area contributed by atoms with Crippen LogP contribution in [0.3, 0.4) is 0 Å². The number of aliphatic hydroxyl groups is 1. The first-order chi connectivity index (χ1) is 21.4. The van der Waals surface area contributed by atoms with Gasteiger partial charge in [-0.25, -0.2) is 0 Å². The number of aliphatic carboxylic acids is 3. The van der Waals surface area contributed by atoms with E-state index in [1.54, 1.807) is 119 Å². The van der Waals surface area contributed by atoms with Crippen molar-refractivity contribution in [1.29, 1.82) is 0 Å². The van der Waals surface area contributed by atoms with Crippen molar-refractivity contribution >= 4 is 35.3 Å². The fourth-order valence-electron chi connectivity index (χ4n) is 3.79. The van der Waals surface area contributed by atoms with Crippen LogP contribution in [-0.4, -0.2) is 47.0 Å². The molecule has 243 valence electrons. The molecule has 0 saturated carbocycles. The Labute approximate surface area is 284 Å². The van der Waals surface area contributed by atoms with Crippen molar-refractivity contribution in [1.82, 2.24) is 0 Å². The molecule has 0 aliphatic carbocycles. The number of carbonyl (C=O) groups is 6. The number of Topliss-reactive ketones (excluding diaryl/α,β-unsaturated/α-hetero) is 3. The molecule has 1 radical (unpaired) electrons. The smallest absolute Gasteiger partial charge is 0.549 e. The third kappa shape index (κ3) is 15.7. The van der Waals surface area contributed by atoms with Crippen molar-refractivity contribution in [3.63, 3.8) is 0 Å². The zero-order valence-corrected chi connectivity index (χ0v) is 27.9. The van der Waals surface area contributed by atoms with Crippen LogP contribution in [-0.2, 0) is 36.1 Å². The molecular formula is C35H39O10Ti. The summed E-state index contributed by atoms with van der Waals surface area (Å²) in [6.45, 7) is 6.89. The molecule has 0 amide bonds. The number of rotatable bonds is 12. The van der Waals surface area contributed by atoms with E-state index in [0.717, 1.165) is 0 Å². The van der Waals surface area contributed by atoms with Crippen LogP contribution in [0.1, 0.15) is 78.0 Å². The first-order valence-corrected chi connectivity index (χ1v) is 14.4. The summed E-state index contributed by atoms with van der Waals surface area (Å²) in [5.41, 5.74) is 1.26. The van der Waals surface area contributed by atoms with Crippen molar-refractivity contribution in [2.45, 2.75) is 47.0 Å². The molecule has 0 saturated heterocycles.